The molecule has 1 aliphatic rings. The van der Waals surface area contributed by atoms with Crippen LogP contribution in [0.15, 0.2) is 29.3 Å². The predicted molar refractivity (Wildman–Crippen MR) is 123 cm³/mol. The molecular formula is C21H36IN3O2. The summed E-state index contributed by atoms with van der Waals surface area (Å²) in [7, 11) is 1.77. The van der Waals surface area contributed by atoms with Crippen molar-refractivity contribution in [2.75, 3.05) is 33.4 Å². The molecule has 154 valence electrons. The van der Waals surface area contributed by atoms with Crippen LogP contribution in [0.3, 0.4) is 0 Å². The molecule has 6 heteroatoms. The highest BCUT2D eigenvalue weighted by Gasteiger charge is 2.33. The number of nitrogens with zero attached hydrogens (tertiary/aromatic N) is 1. The number of aliphatic imine (C=N–C) groups is 1. The molecule has 27 heavy (non-hydrogen) atoms. The lowest BCUT2D eigenvalue weighted by Gasteiger charge is -2.27. The molecular weight excluding hydrogens is 453 g/mol. The topological polar surface area (TPSA) is 65.9 Å². The third-order valence-electron chi connectivity index (χ3n) is 5.31. The molecule has 1 saturated carbocycles. The van der Waals surface area contributed by atoms with Gasteiger partial charge in [0.05, 0.1) is 6.10 Å². The zero-order chi connectivity index (χ0) is 18.8. The van der Waals surface area contributed by atoms with Gasteiger partial charge in [0.25, 0.3) is 0 Å². The Morgan fingerprint density at radius 1 is 1.30 bits per heavy atom. The molecule has 0 radical (unpaired) electrons. The minimum absolute atomic E-state index is 0. The van der Waals surface area contributed by atoms with E-state index in [1.165, 1.54) is 25.7 Å². The molecule has 0 amide bonds. The van der Waals surface area contributed by atoms with Crippen LogP contribution in [0.5, 0.6) is 0 Å². The summed E-state index contributed by atoms with van der Waals surface area (Å²) in [5.74, 6) is 0.780. The Hall–Kier alpha value is -0.860. The zero-order valence-corrected chi connectivity index (χ0v) is 19.3. The van der Waals surface area contributed by atoms with E-state index in [1.54, 1.807) is 7.11 Å². The van der Waals surface area contributed by atoms with E-state index in [2.05, 4.69) is 17.6 Å². The summed E-state index contributed by atoms with van der Waals surface area (Å²) in [5.41, 5.74) is 2.36. The van der Waals surface area contributed by atoms with E-state index in [9.17, 15) is 5.11 Å². The number of halogens is 1. The third-order valence-corrected chi connectivity index (χ3v) is 5.31. The van der Waals surface area contributed by atoms with Crippen LogP contribution in [0.4, 0.5) is 0 Å². The molecule has 0 saturated heterocycles. The summed E-state index contributed by atoms with van der Waals surface area (Å²) in [4.78, 5) is 4.83. The number of nitrogens with one attached hydrogen (secondary N) is 2. The highest BCUT2D eigenvalue weighted by Crippen LogP contribution is 2.41. The van der Waals surface area contributed by atoms with Crippen molar-refractivity contribution >= 4 is 29.9 Å². The molecule has 1 atom stereocenters. The molecule has 0 heterocycles. The number of guanidine groups is 1. The minimum atomic E-state index is -0.548. The van der Waals surface area contributed by atoms with Gasteiger partial charge in [0, 0.05) is 33.4 Å². The van der Waals surface area contributed by atoms with E-state index >= 15 is 0 Å². The maximum absolute atomic E-state index is 10.4. The first kappa shape index (κ1) is 24.2. The largest absolute Gasteiger partial charge is 0.387 e. The molecule has 0 aromatic heterocycles. The average molecular weight is 489 g/mol. The lowest BCUT2D eigenvalue weighted by atomic mass is 9.83. The van der Waals surface area contributed by atoms with E-state index in [4.69, 9.17) is 9.73 Å². The normalized spacial score (nSPS) is 17.3. The van der Waals surface area contributed by atoms with Gasteiger partial charge in [0.2, 0.25) is 0 Å². The maximum Gasteiger partial charge on any atom is 0.191 e. The van der Waals surface area contributed by atoms with Crippen molar-refractivity contribution in [3.05, 3.63) is 35.4 Å². The van der Waals surface area contributed by atoms with Crippen LogP contribution in [0.2, 0.25) is 0 Å². The van der Waals surface area contributed by atoms with E-state index < -0.39 is 6.10 Å². The Morgan fingerprint density at radius 2 is 2.04 bits per heavy atom. The summed E-state index contributed by atoms with van der Waals surface area (Å²) in [5, 5.41) is 17.0. The van der Waals surface area contributed by atoms with E-state index in [-0.39, 0.29) is 29.4 Å². The lowest BCUT2D eigenvalue weighted by molar-refractivity contribution is 0.141. The van der Waals surface area contributed by atoms with Crippen LogP contribution in [0.25, 0.3) is 0 Å². The number of methoxy groups -OCH3 is 1. The number of hydrogen-bond acceptors (Lipinski definition) is 3. The van der Waals surface area contributed by atoms with Crippen LogP contribution >= 0.6 is 24.0 Å². The molecule has 1 fully saturated rings. The number of hydrogen-bond donors (Lipinski definition) is 3. The standard InChI is InChI=1S/C21H35N3O2.HI/c1-4-22-20(23-15-19(25)18-9-7-8-17(2)14-18)24-16-21(12-13-26-3)10-5-6-11-21;/h7-9,14,19,25H,4-6,10-13,15-16H2,1-3H3,(H2,22,23,24);1H. The first-order valence-corrected chi connectivity index (χ1v) is 9.84. The lowest BCUT2D eigenvalue weighted by Crippen LogP contribution is -2.40. The summed E-state index contributed by atoms with van der Waals surface area (Å²) in [6.07, 6.45) is 5.55. The van der Waals surface area contributed by atoms with Gasteiger partial charge in [-0.25, -0.2) is 0 Å². The van der Waals surface area contributed by atoms with Crippen LogP contribution in [0.1, 0.15) is 56.3 Å². The van der Waals surface area contributed by atoms with Gasteiger partial charge in [-0.1, -0.05) is 42.7 Å². The zero-order valence-electron chi connectivity index (χ0n) is 17.0. The van der Waals surface area contributed by atoms with Gasteiger partial charge in [0.1, 0.15) is 0 Å². The van der Waals surface area contributed by atoms with Crippen LogP contribution in [0, 0.1) is 12.3 Å². The van der Waals surface area contributed by atoms with Crippen LogP contribution in [-0.4, -0.2) is 44.4 Å². The second kappa shape index (κ2) is 12.6. The predicted octanol–water partition coefficient (Wildman–Crippen LogP) is 3.80. The minimum Gasteiger partial charge on any atom is -0.387 e. The third kappa shape index (κ3) is 7.95. The maximum atomic E-state index is 10.4. The number of aliphatic hydroxyl groups excluding tert-OH is 1. The van der Waals surface area contributed by atoms with Gasteiger partial charge in [-0.15, -0.1) is 24.0 Å². The first-order chi connectivity index (χ1) is 12.6. The molecule has 1 aliphatic carbocycles. The van der Waals surface area contributed by atoms with E-state index in [1.807, 2.05) is 31.2 Å². The van der Waals surface area contributed by atoms with Gasteiger partial charge in [-0.3, -0.25) is 4.99 Å². The Morgan fingerprint density at radius 3 is 2.67 bits per heavy atom. The van der Waals surface area contributed by atoms with Crippen LogP contribution in [-0.2, 0) is 4.74 Å². The summed E-state index contributed by atoms with van der Waals surface area (Å²) in [6, 6.07) is 8.00. The molecule has 0 spiro atoms. The monoisotopic (exact) mass is 489 g/mol. The molecule has 1 unspecified atom stereocenters. The smallest absolute Gasteiger partial charge is 0.191 e. The molecule has 3 N–H and O–H groups in total. The van der Waals surface area contributed by atoms with Crippen molar-refractivity contribution < 1.29 is 9.84 Å². The number of aliphatic hydroxyl groups is 1. The number of ether oxygens (including phenoxy) is 1. The van der Waals surface area contributed by atoms with Crippen molar-refractivity contribution in [2.45, 2.75) is 52.1 Å². The second-order valence-corrected chi connectivity index (χ2v) is 7.46. The number of aryl methyl sites for hydroxylation is 1. The highest BCUT2D eigenvalue weighted by molar-refractivity contribution is 14.0. The van der Waals surface area contributed by atoms with E-state index in [0.717, 1.165) is 43.2 Å². The van der Waals surface area contributed by atoms with Crippen molar-refractivity contribution in [3.8, 4) is 0 Å². The van der Waals surface area contributed by atoms with Gasteiger partial charge in [-0.2, -0.15) is 0 Å². The molecule has 0 aliphatic heterocycles. The van der Waals surface area contributed by atoms with Crippen molar-refractivity contribution in [2.24, 2.45) is 10.4 Å². The molecule has 1 aromatic carbocycles. The van der Waals surface area contributed by atoms with Crippen molar-refractivity contribution in [1.29, 1.82) is 0 Å². The number of benzene rings is 1. The summed E-state index contributed by atoms with van der Waals surface area (Å²) in [6.45, 7) is 6.95. The number of rotatable bonds is 9. The summed E-state index contributed by atoms with van der Waals surface area (Å²) < 4.78 is 5.31. The fourth-order valence-electron chi connectivity index (χ4n) is 3.71. The SMILES string of the molecule is CCNC(=NCC1(CCOC)CCCC1)NCC(O)c1cccc(C)c1.I. The fourth-order valence-corrected chi connectivity index (χ4v) is 3.71. The van der Waals surface area contributed by atoms with Gasteiger partial charge in [0.15, 0.2) is 5.96 Å². The van der Waals surface area contributed by atoms with Gasteiger partial charge in [-0.05, 0) is 44.1 Å². The molecule has 5 nitrogen and oxygen atoms in total. The highest BCUT2D eigenvalue weighted by atomic mass is 127. The Labute approximate surface area is 181 Å². The average Bonchev–Trinajstić information content (AvgIpc) is 3.11. The van der Waals surface area contributed by atoms with Crippen LogP contribution < -0.4 is 10.6 Å². The van der Waals surface area contributed by atoms with E-state index in [0.29, 0.717) is 6.54 Å². The molecule has 2 rings (SSSR count). The fraction of sp³-hybridized carbons (Fsp3) is 0.667. The molecule has 1 aromatic rings. The van der Waals surface area contributed by atoms with Crippen molar-refractivity contribution in [1.82, 2.24) is 10.6 Å². The van der Waals surface area contributed by atoms with Gasteiger partial charge >= 0.3 is 0 Å². The quantitative estimate of drug-likeness (QED) is 0.281. The van der Waals surface area contributed by atoms with Crippen molar-refractivity contribution in [3.63, 3.8) is 0 Å². The Kier molecular flexibility index (Phi) is 11.3. The van der Waals surface area contributed by atoms with Gasteiger partial charge < -0.3 is 20.5 Å². The first-order valence-electron chi connectivity index (χ1n) is 9.84. The molecule has 0 bridgehead atoms. The Bertz CT molecular complexity index is 574. The Balaban J connectivity index is 0.00000364. The second-order valence-electron chi connectivity index (χ2n) is 7.46. The summed E-state index contributed by atoms with van der Waals surface area (Å²) >= 11 is 0.